The summed E-state index contributed by atoms with van der Waals surface area (Å²) < 4.78 is 18.9. The highest BCUT2D eigenvalue weighted by Gasteiger charge is 2.35. The van der Waals surface area contributed by atoms with E-state index in [2.05, 4.69) is 12.2 Å². The van der Waals surface area contributed by atoms with Crippen LogP contribution in [0, 0.1) is 5.82 Å². The number of hydrogen-bond donors (Lipinski definition) is 2. The second-order valence-corrected chi connectivity index (χ2v) is 4.92. The maximum atomic E-state index is 13.6. The lowest BCUT2D eigenvalue weighted by atomic mass is 9.74. The normalized spacial score (nSPS) is 17.1. The number of hydrogen-bond acceptors (Lipinski definition) is 3. The monoisotopic (exact) mass is 252 g/mol. The Morgan fingerprint density at radius 3 is 2.61 bits per heavy atom. The summed E-state index contributed by atoms with van der Waals surface area (Å²) in [7, 11) is 0. The van der Waals surface area contributed by atoms with E-state index in [0.717, 1.165) is 24.9 Å². The molecule has 1 saturated carbocycles. The molecule has 0 atom stereocenters. The van der Waals surface area contributed by atoms with Gasteiger partial charge in [-0.2, -0.15) is 0 Å². The Morgan fingerprint density at radius 1 is 1.39 bits per heavy atom. The fourth-order valence-electron chi connectivity index (χ4n) is 2.40. The van der Waals surface area contributed by atoms with Gasteiger partial charge in [0.25, 0.3) is 0 Å². The lowest BCUT2D eigenvalue weighted by Gasteiger charge is -2.43. The minimum absolute atomic E-state index is 0.134. The van der Waals surface area contributed by atoms with E-state index in [-0.39, 0.29) is 11.3 Å². The Bertz CT molecular complexity index is 425. The van der Waals surface area contributed by atoms with Crippen molar-refractivity contribution < 1.29 is 9.13 Å². The van der Waals surface area contributed by atoms with E-state index in [1.165, 1.54) is 12.5 Å². The van der Waals surface area contributed by atoms with Crippen LogP contribution in [0.2, 0.25) is 0 Å². The number of ether oxygens (including phenoxy) is 1. The van der Waals surface area contributed by atoms with E-state index in [1.807, 2.05) is 6.92 Å². The van der Waals surface area contributed by atoms with Gasteiger partial charge < -0.3 is 15.8 Å². The summed E-state index contributed by atoms with van der Waals surface area (Å²) in [4.78, 5) is 0. The van der Waals surface area contributed by atoms with Crippen molar-refractivity contribution in [2.45, 2.75) is 45.1 Å². The van der Waals surface area contributed by atoms with E-state index in [9.17, 15) is 4.39 Å². The molecule has 3 N–H and O–H groups in total. The van der Waals surface area contributed by atoms with Crippen LogP contribution in [0.3, 0.4) is 0 Å². The molecule has 100 valence electrons. The molecule has 3 nitrogen and oxygen atoms in total. The van der Waals surface area contributed by atoms with Crippen LogP contribution in [0.5, 0.6) is 5.75 Å². The number of benzene rings is 1. The molecule has 1 aliphatic rings. The zero-order chi connectivity index (χ0) is 13.2. The molecule has 1 aromatic carbocycles. The van der Waals surface area contributed by atoms with Gasteiger partial charge in [-0.05, 0) is 32.6 Å². The molecule has 0 saturated heterocycles. The van der Waals surface area contributed by atoms with Crippen molar-refractivity contribution in [3.63, 3.8) is 0 Å². The van der Waals surface area contributed by atoms with Gasteiger partial charge in [-0.25, -0.2) is 4.39 Å². The number of nitrogens with one attached hydrogen (secondary N) is 1. The van der Waals surface area contributed by atoms with E-state index in [0.29, 0.717) is 12.3 Å². The Kier molecular flexibility index (Phi) is 3.64. The molecule has 1 fully saturated rings. The predicted octanol–water partition coefficient (Wildman–Crippen LogP) is 3.55. The summed E-state index contributed by atoms with van der Waals surface area (Å²) in [6, 6.07) is 3.00. The Morgan fingerprint density at radius 2 is 2.11 bits per heavy atom. The summed E-state index contributed by atoms with van der Waals surface area (Å²) in [6.07, 6.45) is 4.57. The standard InChI is InChI=1S/C14H21FN2O/c1-3-14(6-5-7-14)17-12-9-13(18-4-2)10(15)8-11(12)16/h8-9,17H,3-7,16H2,1-2H3. The summed E-state index contributed by atoms with van der Waals surface area (Å²) in [6.45, 7) is 4.44. The Hall–Kier alpha value is -1.45. The molecule has 0 bridgehead atoms. The molecular weight excluding hydrogens is 231 g/mol. The van der Waals surface area contributed by atoms with Crippen molar-refractivity contribution in [2.75, 3.05) is 17.7 Å². The van der Waals surface area contributed by atoms with Crippen molar-refractivity contribution in [3.05, 3.63) is 17.9 Å². The quantitative estimate of drug-likeness (QED) is 0.788. The molecule has 2 rings (SSSR count). The van der Waals surface area contributed by atoms with Crippen LogP contribution in [-0.4, -0.2) is 12.1 Å². The predicted molar refractivity (Wildman–Crippen MR) is 72.5 cm³/mol. The highest BCUT2D eigenvalue weighted by atomic mass is 19.1. The smallest absolute Gasteiger partial charge is 0.167 e. The van der Waals surface area contributed by atoms with Gasteiger partial charge in [-0.3, -0.25) is 0 Å². The number of nitrogens with two attached hydrogens (primary N) is 1. The van der Waals surface area contributed by atoms with Crippen LogP contribution in [0.25, 0.3) is 0 Å². The fourth-order valence-corrected chi connectivity index (χ4v) is 2.40. The Labute approximate surface area is 108 Å². The molecule has 0 amide bonds. The average Bonchev–Trinajstić information content (AvgIpc) is 2.29. The second kappa shape index (κ2) is 5.04. The molecule has 0 aromatic heterocycles. The third kappa shape index (κ3) is 2.37. The minimum atomic E-state index is -0.404. The zero-order valence-corrected chi connectivity index (χ0v) is 11.1. The average molecular weight is 252 g/mol. The molecule has 0 heterocycles. The highest BCUT2D eigenvalue weighted by Crippen LogP contribution is 2.40. The van der Waals surface area contributed by atoms with Crippen molar-refractivity contribution in [1.29, 1.82) is 0 Å². The number of nitrogen functional groups attached to an aromatic ring is 1. The van der Waals surface area contributed by atoms with Crippen LogP contribution in [0.4, 0.5) is 15.8 Å². The third-order valence-corrected chi connectivity index (χ3v) is 3.79. The van der Waals surface area contributed by atoms with Gasteiger partial charge in [0.05, 0.1) is 18.0 Å². The fraction of sp³-hybridized carbons (Fsp3) is 0.571. The van der Waals surface area contributed by atoms with Gasteiger partial charge in [-0.15, -0.1) is 0 Å². The topological polar surface area (TPSA) is 47.3 Å². The van der Waals surface area contributed by atoms with Gasteiger partial charge >= 0.3 is 0 Å². The van der Waals surface area contributed by atoms with Gasteiger partial charge in [0, 0.05) is 17.7 Å². The minimum Gasteiger partial charge on any atom is -0.491 e. The van der Waals surface area contributed by atoms with Gasteiger partial charge in [0.15, 0.2) is 11.6 Å². The van der Waals surface area contributed by atoms with E-state index < -0.39 is 5.82 Å². The second-order valence-electron chi connectivity index (χ2n) is 4.92. The van der Waals surface area contributed by atoms with Gasteiger partial charge in [0.1, 0.15) is 0 Å². The molecule has 0 spiro atoms. The zero-order valence-electron chi connectivity index (χ0n) is 11.1. The molecule has 0 aliphatic heterocycles. The lowest BCUT2D eigenvalue weighted by Crippen LogP contribution is -2.44. The molecule has 1 aliphatic carbocycles. The van der Waals surface area contributed by atoms with Crippen LogP contribution >= 0.6 is 0 Å². The van der Waals surface area contributed by atoms with Crippen LogP contribution in [0.1, 0.15) is 39.5 Å². The first kappa shape index (κ1) is 13.0. The molecule has 4 heteroatoms. The van der Waals surface area contributed by atoms with Crippen molar-refractivity contribution in [1.82, 2.24) is 0 Å². The SMILES string of the molecule is CCOc1cc(NC2(CC)CCC2)c(N)cc1F. The largest absolute Gasteiger partial charge is 0.491 e. The van der Waals surface area contributed by atoms with Crippen LogP contribution < -0.4 is 15.8 Å². The molecule has 18 heavy (non-hydrogen) atoms. The summed E-state index contributed by atoms with van der Waals surface area (Å²) in [5.41, 5.74) is 7.22. The van der Waals surface area contributed by atoms with Crippen LogP contribution in [0.15, 0.2) is 12.1 Å². The van der Waals surface area contributed by atoms with E-state index in [4.69, 9.17) is 10.5 Å². The summed E-state index contributed by atoms with van der Waals surface area (Å²) in [5.74, 6) is -0.140. The maximum Gasteiger partial charge on any atom is 0.167 e. The summed E-state index contributed by atoms with van der Waals surface area (Å²) >= 11 is 0. The number of rotatable bonds is 5. The molecular formula is C14H21FN2O. The van der Waals surface area contributed by atoms with Crippen molar-refractivity contribution in [2.24, 2.45) is 0 Å². The van der Waals surface area contributed by atoms with E-state index in [1.54, 1.807) is 6.07 Å². The first-order chi connectivity index (χ1) is 8.60. The van der Waals surface area contributed by atoms with Gasteiger partial charge in [0.2, 0.25) is 0 Å². The highest BCUT2D eigenvalue weighted by molar-refractivity contribution is 5.69. The first-order valence-electron chi connectivity index (χ1n) is 6.60. The summed E-state index contributed by atoms with van der Waals surface area (Å²) in [5, 5.41) is 3.46. The first-order valence-corrected chi connectivity index (χ1v) is 6.60. The van der Waals surface area contributed by atoms with Crippen LogP contribution in [-0.2, 0) is 0 Å². The molecule has 1 aromatic rings. The van der Waals surface area contributed by atoms with E-state index >= 15 is 0 Å². The number of anilines is 2. The van der Waals surface area contributed by atoms with Crippen molar-refractivity contribution in [3.8, 4) is 5.75 Å². The maximum absolute atomic E-state index is 13.6. The number of halogens is 1. The Balaban J connectivity index is 2.24. The van der Waals surface area contributed by atoms with Crippen molar-refractivity contribution >= 4 is 11.4 Å². The third-order valence-electron chi connectivity index (χ3n) is 3.79. The lowest BCUT2D eigenvalue weighted by molar-refractivity contribution is 0.269. The molecule has 0 radical (unpaired) electrons. The molecule has 0 unspecified atom stereocenters. The van der Waals surface area contributed by atoms with Gasteiger partial charge in [-0.1, -0.05) is 6.92 Å².